The van der Waals surface area contributed by atoms with E-state index in [9.17, 15) is 4.79 Å². The monoisotopic (exact) mass is 309 g/mol. The Balaban J connectivity index is 1.53. The lowest BCUT2D eigenvalue weighted by Crippen LogP contribution is -2.38. The number of rotatable bonds is 7. The van der Waals surface area contributed by atoms with Crippen LogP contribution in [0.25, 0.3) is 0 Å². The molecule has 0 radical (unpaired) electrons. The highest BCUT2D eigenvalue weighted by Crippen LogP contribution is 2.15. The molecule has 2 heterocycles. The molecule has 1 unspecified atom stereocenters. The molecule has 0 aromatic carbocycles. The van der Waals surface area contributed by atoms with Gasteiger partial charge in [-0.15, -0.1) is 0 Å². The quantitative estimate of drug-likeness (QED) is 0.757. The molecule has 2 N–H and O–H groups in total. The molecule has 0 saturated carbocycles. The van der Waals surface area contributed by atoms with Crippen LogP contribution in [0.4, 0.5) is 4.79 Å². The van der Waals surface area contributed by atoms with E-state index in [2.05, 4.69) is 15.5 Å². The van der Waals surface area contributed by atoms with E-state index < -0.39 is 0 Å². The predicted octanol–water partition coefficient (Wildman–Crippen LogP) is 2.06. The van der Waals surface area contributed by atoms with Crippen LogP contribution in [0, 0.1) is 6.92 Å². The lowest BCUT2D eigenvalue weighted by molar-refractivity contribution is 0.0372. The molecule has 22 heavy (non-hydrogen) atoms. The molecule has 1 atom stereocenters. The highest BCUT2D eigenvalue weighted by molar-refractivity contribution is 5.74. The normalized spacial score (nSPS) is 17.2. The van der Waals surface area contributed by atoms with Crippen molar-refractivity contribution in [2.45, 2.75) is 32.7 Å². The minimum atomic E-state index is -0.145. The van der Waals surface area contributed by atoms with Crippen LogP contribution >= 0.6 is 0 Å². The number of carbonyl (C=O) groups excluding carboxylic acids is 1. The van der Waals surface area contributed by atoms with E-state index in [0.717, 1.165) is 57.2 Å². The molecule has 1 fully saturated rings. The number of morpholine rings is 1. The van der Waals surface area contributed by atoms with Crippen LogP contribution in [0.1, 0.15) is 37.3 Å². The molecule has 1 saturated heterocycles. The Morgan fingerprint density at radius 1 is 1.32 bits per heavy atom. The molecule has 1 aromatic heterocycles. The standard InChI is InChI=1S/C16H27N3O3/c1-13-5-6-15(22-13)14(2)18-16(20)17-7-3-4-8-19-9-11-21-12-10-19/h5-6,14H,3-4,7-12H2,1-2H3,(H2,17,18,20). The zero-order valence-corrected chi connectivity index (χ0v) is 13.6. The Morgan fingerprint density at radius 3 is 2.77 bits per heavy atom. The van der Waals surface area contributed by atoms with Gasteiger partial charge in [0.1, 0.15) is 11.5 Å². The molecule has 124 valence electrons. The van der Waals surface area contributed by atoms with E-state index in [1.54, 1.807) is 0 Å². The summed E-state index contributed by atoms with van der Waals surface area (Å²) in [4.78, 5) is 14.2. The van der Waals surface area contributed by atoms with E-state index in [4.69, 9.17) is 9.15 Å². The van der Waals surface area contributed by atoms with Gasteiger partial charge in [0.2, 0.25) is 0 Å². The Hall–Kier alpha value is -1.53. The summed E-state index contributed by atoms with van der Waals surface area (Å²) in [6.07, 6.45) is 2.08. The maximum absolute atomic E-state index is 11.8. The smallest absolute Gasteiger partial charge is 0.315 e. The summed E-state index contributed by atoms with van der Waals surface area (Å²) >= 11 is 0. The Morgan fingerprint density at radius 2 is 2.09 bits per heavy atom. The van der Waals surface area contributed by atoms with Gasteiger partial charge in [0.15, 0.2) is 0 Å². The van der Waals surface area contributed by atoms with E-state index in [-0.39, 0.29) is 12.1 Å². The van der Waals surface area contributed by atoms with Crippen molar-refractivity contribution in [1.82, 2.24) is 15.5 Å². The topological polar surface area (TPSA) is 66.7 Å². The number of nitrogens with one attached hydrogen (secondary N) is 2. The first-order chi connectivity index (χ1) is 10.6. The fourth-order valence-electron chi connectivity index (χ4n) is 2.49. The number of furan rings is 1. The van der Waals surface area contributed by atoms with Gasteiger partial charge in [-0.1, -0.05) is 0 Å². The van der Waals surface area contributed by atoms with Gasteiger partial charge in [-0.2, -0.15) is 0 Å². The SMILES string of the molecule is Cc1ccc(C(C)NC(=O)NCCCCN2CCOCC2)o1. The first-order valence-corrected chi connectivity index (χ1v) is 8.06. The van der Waals surface area contributed by atoms with Crippen LogP contribution in [0.15, 0.2) is 16.5 Å². The van der Waals surface area contributed by atoms with Crippen molar-refractivity contribution in [3.63, 3.8) is 0 Å². The molecular formula is C16H27N3O3. The third-order valence-corrected chi connectivity index (χ3v) is 3.83. The van der Waals surface area contributed by atoms with Gasteiger partial charge in [0.05, 0.1) is 19.3 Å². The van der Waals surface area contributed by atoms with Crippen molar-refractivity contribution in [2.75, 3.05) is 39.4 Å². The second-order valence-corrected chi connectivity index (χ2v) is 5.73. The summed E-state index contributed by atoms with van der Waals surface area (Å²) in [5, 5.41) is 5.77. The maximum Gasteiger partial charge on any atom is 0.315 e. The molecule has 1 aromatic rings. The minimum absolute atomic E-state index is 0.123. The van der Waals surface area contributed by atoms with Crippen LogP contribution in [0.5, 0.6) is 0 Å². The fourth-order valence-corrected chi connectivity index (χ4v) is 2.49. The lowest BCUT2D eigenvalue weighted by atomic mass is 10.2. The van der Waals surface area contributed by atoms with Crippen LogP contribution in [-0.2, 0) is 4.74 Å². The number of nitrogens with zero attached hydrogens (tertiary/aromatic N) is 1. The summed E-state index contributed by atoms with van der Waals surface area (Å²) < 4.78 is 10.8. The van der Waals surface area contributed by atoms with Gasteiger partial charge in [-0.3, -0.25) is 4.90 Å². The number of hydrogen-bond acceptors (Lipinski definition) is 4. The number of ether oxygens (including phenoxy) is 1. The summed E-state index contributed by atoms with van der Waals surface area (Å²) in [5.41, 5.74) is 0. The van der Waals surface area contributed by atoms with E-state index in [1.165, 1.54) is 0 Å². The van der Waals surface area contributed by atoms with Crippen LogP contribution in [0.3, 0.4) is 0 Å². The van der Waals surface area contributed by atoms with Gasteiger partial charge in [-0.25, -0.2) is 4.79 Å². The molecule has 1 aliphatic heterocycles. The summed E-state index contributed by atoms with van der Waals surface area (Å²) in [5.74, 6) is 1.63. The number of carbonyl (C=O) groups is 1. The molecule has 6 heteroatoms. The van der Waals surface area contributed by atoms with Crippen LogP contribution in [-0.4, -0.2) is 50.3 Å². The number of unbranched alkanes of at least 4 members (excludes halogenated alkanes) is 1. The molecule has 2 rings (SSSR count). The van der Waals surface area contributed by atoms with E-state index in [0.29, 0.717) is 6.54 Å². The summed E-state index contributed by atoms with van der Waals surface area (Å²) in [7, 11) is 0. The van der Waals surface area contributed by atoms with Crippen molar-refractivity contribution >= 4 is 6.03 Å². The average molecular weight is 309 g/mol. The molecule has 0 bridgehead atoms. The second-order valence-electron chi connectivity index (χ2n) is 5.73. The summed E-state index contributed by atoms with van der Waals surface area (Å²) in [6.45, 7) is 9.30. The van der Waals surface area contributed by atoms with Crippen LogP contribution in [0.2, 0.25) is 0 Å². The van der Waals surface area contributed by atoms with Gasteiger partial charge >= 0.3 is 6.03 Å². The van der Waals surface area contributed by atoms with Crippen molar-refractivity contribution in [1.29, 1.82) is 0 Å². The third-order valence-electron chi connectivity index (χ3n) is 3.83. The maximum atomic E-state index is 11.8. The first-order valence-electron chi connectivity index (χ1n) is 8.06. The molecule has 0 aliphatic carbocycles. The number of amides is 2. The van der Waals surface area contributed by atoms with Crippen molar-refractivity contribution < 1.29 is 13.9 Å². The number of urea groups is 1. The highest BCUT2D eigenvalue weighted by atomic mass is 16.5. The number of aryl methyl sites for hydroxylation is 1. The highest BCUT2D eigenvalue weighted by Gasteiger charge is 2.12. The largest absolute Gasteiger partial charge is 0.464 e. The lowest BCUT2D eigenvalue weighted by Gasteiger charge is -2.26. The zero-order valence-electron chi connectivity index (χ0n) is 13.6. The van der Waals surface area contributed by atoms with Gasteiger partial charge < -0.3 is 19.8 Å². The Kier molecular flexibility index (Phi) is 6.74. The third kappa shape index (κ3) is 5.69. The van der Waals surface area contributed by atoms with Gasteiger partial charge in [0, 0.05) is 19.6 Å². The Labute approximate surface area is 132 Å². The molecule has 2 amide bonds. The summed E-state index contributed by atoms with van der Waals surface area (Å²) in [6, 6.07) is 3.52. The minimum Gasteiger partial charge on any atom is -0.464 e. The molecule has 1 aliphatic rings. The first kappa shape index (κ1) is 16.8. The molecular weight excluding hydrogens is 282 g/mol. The van der Waals surface area contributed by atoms with Crippen molar-refractivity contribution in [3.05, 3.63) is 23.7 Å². The molecule has 0 spiro atoms. The molecule has 6 nitrogen and oxygen atoms in total. The van der Waals surface area contributed by atoms with Crippen molar-refractivity contribution in [3.8, 4) is 0 Å². The Bertz CT molecular complexity index is 455. The second kappa shape index (κ2) is 8.80. The number of hydrogen-bond donors (Lipinski definition) is 2. The predicted molar refractivity (Wildman–Crippen MR) is 84.9 cm³/mol. The van der Waals surface area contributed by atoms with Gasteiger partial charge in [-0.05, 0) is 45.4 Å². The van der Waals surface area contributed by atoms with Crippen molar-refractivity contribution in [2.24, 2.45) is 0 Å². The average Bonchev–Trinajstić information content (AvgIpc) is 2.94. The van der Waals surface area contributed by atoms with E-state index >= 15 is 0 Å². The van der Waals surface area contributed by atoms with Crippen LogP contribution < -0.4 is 10.6 Å². The fraction of sp³-hybridized carbons (Fsp3) is 0.688. The zero-order chi connectivity index (χ0) is 15.8. The van der Waals surface area contributed by atoms with E-state index in [1.807, 2.05) is 26.0 Å². The van der Waals surface area contributed by atoms with Gasteiger partial charge in [0.25, 0.3) is 0 Å².